The van der Waals surface area contributed by atoms with Crippen molar-refractivity contribution in [1.29, 1.82) is 0 Å². The van der Waals surface area contributed by atoms with E-state index in [-0.39, 0.29) is 0 Å². The summed E-state index contributed by atoms with van der Waals surface area (Å²) < 4.78 is 12.5. The Bertz CT molecular complexity index is 884. The van der Waals surface area contributed by atoms with E-state index >= 15 is 0 Å². The molecule has 2 aromatic heterocycles. The van der Waals surface area contributed by atoms with Crippen LogP contribution in [-0.4, -0.2) is 41.9 Å². The van der Waals surface area contributed by atoms with E-state index < -0.39 is 0 Å². The molecular formula is C19H22N4O2. The zero-order valence-corrected chi connectivity index (χ0v) is 14.5. The molecule has 3 heterocycles. The van der Waals surface area contributed by atoms with Gasteiger partial charge in [0.25, 0.3) is 0 Å². The van der Waals surface area contributed by atoms with Crippen LogP contribution in [0, 0.1) is 0 Å². The van der Waals surface area contributed by atoms with Gasteiger partial charge in [-0.1, -0.05) is 0 Å². The van der Waals surface area contributed by atoms with E-state index in [4.69, 9.17) is 14.5 Å². The molecule has 3 aromatic rings. The van der Waals surface area contributed by atoms with Gasteiger partial charge in [0.2, 0.25) is 0 Å². The van der Waals surface area contributed by atoms with E-state index in [1.807, 2.05) is 28.9 Å². The van der Waals surface area contributed by atoms with Gasteiger partial charge < -0.3 is 14.8 Å². The number of rotatable bonds is 4. The molecule has 1 aromatic carbocycles. The third-order valence-corrected chi connectivity index (χ3v) is 4.81. The quantitative estimate of drug-likeness (QED) is 0.793. The van der Waals surface area contributed by atoms with Crippen molar-refractivity contribution in [3.8, 4) is 22.9 Å². The van der Waals surface area contributed by atoms with Gasteiger partial charge in [-0.2, -0.15) is 0 Å². The van der Waals surface area contributed by atoms with Crippen LogP contribution in [0.4, 0.5) is 0 Å². The Hall–Kier alpha value is -2.60. The maximum atomic E-state index is 5.38. The largest absolute Gasteiger partial charge is 0.493 e. The van der Waals surface area contributed by atoms with E-state index in [1.165, 1.54) is 18.4 Å². The van der Waals surface area contributed by atoms with Crippen molar-refractivity contribution in [2.75, 3.05) is 27.3 Å². The number of fused-ring (bicyclic) bond motifs is 1. The van der Waals surface area contributed by atoms with Gasteiger partial charge in [0.15, 0.2) is 23.0 Å². The van der Waals surface area contributed by atoms with Crippen LogP contribution < -0.4 is 14.8 Å². The summed E-state index contributed by atoms with van der Waals surface area (Å²) in [6, 6.07) is 10.1. The Morgan fingerprint density at radius 3 is 2.60 bits per heavy atom. The maximum Gasteiger partial charge on any atom is 0.182 e. The van der Waals surface area contributed by atoms with E-state index in [9.17, 15) is 0 Å². The highest BCUT2D eigenvalue weighted by Gasteiger charge is 2.17. The van der Waals surface area contributed by atoms with Crippen LogP contribution in [0.15, 0.2) is 36.5 Å². The minimum atomic E-state index is 0.604. The van der Waals surface area contributed by atoms with E-state index in [1.54, 1.807) is 14.2 Å². The molecule has 4 rings (SSSR count). The summed E-state index contributed by atoms with van der Waals surface area (Å²) >= 11 is 0. The first-order valence-corrected chi connectivity index (χ1v) is 8.58. The zero-order chi connectivity index (χ0) is 17.2. The number of methoxy groups -OCH3 is 2. The smallest absolute Gasteiger partial charge is 0.182 e. The van der Waals surface area contributed by atoms with Gasteiger partial charge >= 0.3 is 0 Å². The molecule has 0 bridgehead atoms. The fraction of sp³-hybridized carbons (Fsp3) is 0.368. The predicted molar refractivity (Wildman–Crippen MR) is 96.4 cm³/mol. The molecule has 0 radical (unpaired) electrons. The first-order valence-electron chi connectivity index (χ1n) is 8.58. The first kappa shape index (κ1) is 15.9. The van der Waals surface area contributed by atoms with Gasteiger partial charge in [-0.05, 0) is 67.7 Å². The molecule has 0 spiro atoms. The Kier molecular flexibility index (Phi) is 4.28. The molecule has 25 heavy (non-hydrogen) atoms. The Labute approximate surface area is 146 Å². The van der Waals surface area contributed by atoms with E-state index in [0.29, 0.717) is 23.2 Å². The summed E-state index contributed by atoms with van der Waals surface area (Å²) in [6.45, 7) is 2.17. The van der Waals surface area contributed by atoms with E-state index in [0.717, 1.165) is 24.3 Å². The number of benzene rings is 1. The highest BCUT2D eigenvalue weighted by Crippen LogP contribution is 2.31. The van der Waals surface area contributed by atoms with E-state index in [2.05, 4.69) is 22.5 Å². The number of hydrogen-bond acceptors (Lipinski definition) is 5. The van der Waals surface area contributed by atoms with Crippen molar-refractivity contribution >= 4 is 5.65 Å². The highest BCUT2D eigenvalue weighted by atomic mass is 16.5. The number of nitrogens with zero attached hydrogens (tertiary/aromatic N) is 3. The second-order valence-corrected chi connectivity index (χ2v) is 6.29. The topological polar surface area (TPSA) is 60.7 Å². The number of ether oxygens (including phenoxy) is 2. The third kappa shape index (κ3) is 3.05. The number of piperidine rings is 1. The minimum Gasteiger partial charge on any atom is -0.493 e. The molecule has 0 unspecified atom stereocenters. The second-order valence-electron chi connectivity index (χ2n) is 6.29. The minimum absolute atomic E-state index is 0.604. The van der Waals surface area contributed by atoms with Gasteiger partial charge in [-0.15, -0.1) is 5.10 Å². The van der Waals surface area contributed by atoms with Crippen molar-refractivity contribution < 1.29 is 9.47 Å². The molecule has 0 saturated carbocycles. The lowest BCUT2D eigenvalue weighted by Gasteiger charge is -2.22. The molecule has 0 amide bonds. The van der Waals surface area contributed by atoms with Crippen LogP contribution >= 0.6 is 0 Å². The maximum absolute atomic E-state index is 5.38. The van der Waals surface area contributed by atoms with Gasteiger partial charge in [-0.3, -0.25) is 0 Å². The van der Waals surface area contributed by atoms with Crippen LogP contribution in [0.3, 0.4) is 0 Å². The summed E-state index contributed by atoms with van der Waals surface area (Å²) in [7, 11) is 3.26. The summed E-state index contributed by atoms with van der Waals surface area (Å²) in [4.78, 5) is 4.71. The average Bonchev–Trinajstić information content (AvgIpc) is 3.11. The molecule has 0 aliphatic carbocycles. The lowest BCUT2D eigenvalue weighted by Crippen LogP contribution is -2.26. The van der Waals surface area contributed by atoms with Crippen molar-refractivity contribution in [3.63, 3.8) is 0 Å². The SMILES string of the molecule is COc1ccc(-c2nc3cc(C4CCNCC4)ccn3n2)cc1OC. The molecule has 130 valence electrons. The Morgan fingerprint density at radius 1 is 1.04 bits per heavy atom. The fourth-order valence-electron chi connectivity index (χ4n) is 3.40. The van der Waals surface area contributed by atoms with Crippen molar-refractivity contribution in [2.45, 2.75) is 18.8 Å². The third-order valence-electron chi connectivity index (χ3n) is 4.81. The van der Waals surface area contributed by atoms with Crippen LogP contribution in [0.25, 0.3) is 17.0 Å². The van der Waals surface area contributed by atoms with Gasteiger partial charge in [0.05, 0.1) is 14.2 Å². The average molecular weight is 338 g/mol. The molecule has 1 saturated heterocycles. The highest BCUT2D eigenvalue weighted by molar-refractivity contribution is 5.63. The van der Waals surface area contributed by atoms with Gasteiger partial charge in [0.1, 0.15) is 0 Å². The molecule has 1 aliphatic heterocycles. The van der Waals surface area contributed by atoms with Crippen molar-refractivity contribution in [1.82, 2.24) is 19.9 Å². The van der Waals surface area contributed by atoms with Crippen molar-refractivity contribution in [2.24, 2.45) is 0 Å². The molecule has 0 atom stereocenters. The second kappa shape index (κ2) is 6.72. The Balaban J connectivity index is 1.69. The van der Waals surface area contributed by atoms with Crippen LogP contribution in [0.1, 0.15) is 24.3 Å². The van der Waals surface area contributed by atoms with Gasteiger partial charge in [0, 0.05) is 11.8 Å². The molecule has 1 fully saturated rings. The summed E-state index contributed by atoms with van der Waals surface area (Å²) in [5, 5.41) is 8.01. The molecule has 6 nitrogen and oxygen atoms in total. The van der Waals surface area contributed by atoms with Crippen molar-refractivity contribution in [3.05, 3.63) is 42.1 Å². The number of nitrogens with one attached hydrogen (secondary N) is 1. The number of aromatic nitrogens is 3. The monoisotopic (exact) mass is 338 g/mol. The lowest BCUT2D eigenvalue weighted by molar-refractivity contribution is 0.355. The first-order chi connectivity index (χ1) is 12.3. The standard InChI is InChI=1S/C19H22N4O2/c1-24-16-4-3-15(11-17(16)25-2)19-21-18-12-14(7-10-23(18)22-19)13-5-8-20-9-6-13/h3-4,7,10-13,20H,5-6,8-9H2,1-2H3. The van der Waals surface area contributed by atoms with Crippen LogP contribution in [0.5, 0.6) is 11.5 Å². The molecular weight excluding hydrogens is 316 g/mol. The zero-order valence-electron chi connectivity index (χ0n) is 14.5. The summed E-state index contributed by atoms with van der Waals surface area (Å²) in [5.41, 5.74) is 3.13. The normalized spacial score (nSPS) is 15.4. The Morgan fingerprint density at radius 2 is 1.84 bits per heavy atom. The van der Waals surface area contributed by atoms with Gasteiger partial charge in [-0.25, -0.2) is 9.50 Å². The van der Waals surface area contributed by atoms with Crippen LogP contribution in [0.2, 0.25) is 0 Å². The number of pyridine rings is 1. The summed E-state index contributed by atoms with van der Waals surface area (Å²) in [5.74, 6) is 2.66. The molecule has 6 heteroatoms. The molecule has 1 aliphatic rings. The summed E-state index contributed by atoms with van der Waals surface area (Å²) in [6.07, 6.45) is 4.35. The number of hydrogen-bond donors (Lipinski definition) is 1. The lowest BCUT2D eigenvalue weighted by atomic mass is 9.91. The predicted octanol–water partition coefficient (Wildman–Crippen LogP) is 2.88. The van der Waals surface area contributed by atoms with Crippen LogP contribution in [-0.2, 0) is 0 Å². The fourth-order valence-corrected chi connectivity index (χ4v) is 3.40. The molecule has 1 N–H and O–H groups in total.